The summed E-state index contributed by atoms with van der Waals surface area (Å²) >= 11 is 1.46. The Bertz CT molecular complexity index is 447. The first kappa shape index (κ1) is 15.6. The van der Waals surface area contributed by atoms with Crippen LogP contribution >= 0.6 is 11.8 Å². The molecule has 0 spiro atoms. The Labute approximate surface area is 118 Å². The van der Waals surface area contributed by atoms with Gasteiger partial charge in [0, 0.05) is 11.3 Å². The van der Waals surface area contributed by atoms with Crippen molar-refractivity contribution in [3.05, 3.63) is 29.8 Å². The SMILES string of the molecule is Cc1ccccc1SCC(=O)NNC(=O)CC(C)C. The van der Waals surface area contributed by atoms with Crippen LogP contribution < -0.4 is 10.9 Å². The Kier molecular flexibility index (Phi) is 6.42. The molecule has 0 bridgehead atoms. The molecule has 19 heavy (non-hydrogen) atoms. The highest BCUT2D eigenvalue weighted by Crippen LogP contribution is 2.21. The molecule has 0 aromatic heterocycles. The summed E-state index contributed by atoms with van der Waals surface area (Å²) in [6, 6.07) is 7.89. The zero-order valence-corrected chi connectivity index (χ0v) is 12.3. The van der Waals surface area contributed by atoms with Crippen molar-refractivity contribution in [2.24, 2.45) is 5.92 Å². The summed E-state index contributed by atoms with van der Waals surface area (Å²) in [6.45, 7) is 5.91. The number of thioether (sulfide) groups is 1. The Morgan fingerprint density at radius 2 is 1.79 bits per heavy atom. The number of benzene rings is 1. The second-order valence-electron chi connectivity index (χ2n) is 4.75. The van der Waals surface area contributed by atoms with Gasteiger partial charge in [-0.05, 0) is 24.5 Å². The topological polar surface area (TPSA) is 58.2 Å². The molecule has 0 saturated heterocycles. The van der Waals surface area contributed by atoms with Crippen molar-refractivity contribution < 1.29 is 9.59 Å². The van der Waals surface area contributed by atoms with Crippen molar-refractivity contribution in [3.8, 4) is 0 Å². The third-order valence-corrected chi connectivity index (χ3v) is 3.56. The maximum absolute atomic E-state index is 11.6. The molecule has 0 atom stereocenters. The molecule has 0 aliphatic carbocycles. The predicted molar refractivity (Wildman–Crippen MR) is 77.6 cm³/mol. The van der Waals surface area contributed by atoms with E-state index in [1.165, 1.54) is 11.8 Å². The van der Waals surface area contributed by atoms with Gasteiger partial charge >= 0.3 is 0 Å². The molecule has 0 heterocycles. The number of hydrazine groups is 1. The highest BCUT2D eigenvalue weighted by molar-refractivity contribution is 8.00. The first-order valence-corrected chi connectivity index (χ1v) is 7.23. The molecule has 0 aliphatic heterocycles. The molecule has 5 heteroatoms. The number of hydrogen-bond donors (Lipinski definition) is 2. The maximum Gasteiger partial charge on any atom is 0.248 e. The third kappa shape index (κ3) is 6.29. The molecule has 4 nitrogen and oxygen atoms in total. The molecule has 1 aromatic rings. The number of aryl methyl sites for hydroxylation is 1. The Morgan fingerprint density at radius 1 is 1.16 bits per heavy atom. The summed E-state index contributed by atoms with van der Waals surface area (Å²) in [5, 5.41) is 0. The summed E-state index contributed by atoms with van der Waals surface area (Å²) in [4.78, 5) is 24.0. The minimum atomic E-state index is -0.203. The van der Waals surface area contributed by atoms with Crippen LogP contribution in [0.5, 0.6) is 0 Å². The molecule has 0 aliphatic rings. The van der Waals surface area contributed by atoms with Gasteiger partial charge in [-0.25, -0.2) is 0 Å². The van der Waals surface area contributed by atoms with Crippen LogP contribution in [-0.4, -0.2) is 17.6 Å². The van der Waals surface area contributed by atoms with Crippen LogP contribution in [0.4, 0.5) is 0 Å². The molecule has 1 rings (SSSR count). The Balaban J connectivity index is 2.29. The molecule has 0 fully saturated rings. The van der Waals surface area contributed by atoms with Crippen LogP contribution in [0.1, 0.15) is 25.8 Å². The molecular weight excluding hydrogens is 260 g/mol. The monoisotopic (exact) mass is 280 g/mol. The average molecular weight is 280 g/mol. The number of rotatable bonds is 5. The fraction of sp³-hybridized carbons (Fsp3) is 0.429. The second kappa shape index (κ2) is 7.84. The number of carbonyl (C=O) groups excluding carboxylic acids is 2. The number of carbonyl (C=O) groups is 2. The largest absolute Gasteiger partial charge is 0.273 e. The van der Waals surface area contributed by atoms with E-state index < -0.39 is 0 Å². The second-order valence-corrected chi connectivity index (χ2v) is 5.77. The van der Waals surface area contributed by atoms with Crippen molar-refractivity contribution >= 4 is 23.6 Å². The summed E-state index contributed by atoms with van der Waals surface area (Å²) in [5.41, 5.74) is 5.97. The van der Waals surface area contributed by atoms with Gasteiger partial charge in [0.15, 0.2) is 0 Å². The fourth-order valence-electron chi connectivity index (χ4n) is 1.46. The molecule has 0 unspecified atom stereocenters. The van der Waals surface area contributed by atoms with E-state index in [9.17, 15) is 9.59 Å². The third-order valence-electron chi connectivity index (χ3n) is 2.39. The van der Waals surface area contributed by atoms with Gasteiger partial charge in [-0.1, -0.05) is 32.0 Å². The number of hydrogen-bond acceptors (Lipinski definition) is 3. The van der Waals surface area contributed by atoms with Crippen molar-refractivity contribution in [2.75, 3.05) is 5.75 Å². The molecule has 0 radical (unpaired) electrons. The molecule has 104 valence electrons. The normalized spacial score (nSPS) is 10.3. The molecule has 2 amide bonds. The van der Waals surface area contributed by atoms with Crippen LogP contribution in [0.3, 0.4) is 0 Å². The van der Waals surface area contributed by atoms with Gasteiger partial charge in [0.05, 0.1) is 5.75 Å². The highest BCUT2D eigenvalue weighted by Gasteiger charge is 2.07. The smallest absolute Gasteiger partial charge is 0.248 e. The van der Waals surface area contributed by atoms with E-state index in [2.05, 4.69) is 10.9 Å². The van der Waals surface area contributed by atoms with Gasteiger partial charge in [0.25, 0.3) is 0 Å². The van der Waals surface area contributed by atoms with Gasteiger partial charge in [0.1, 0.15) is 0 Å². The zero-order chi connectivity index (χ0) is 14.3. The zero-order valence-electron chi connectivity index (χ0n) is 11.5. The van der Waals surface area contributed by atoms with Gasteiger partial charge < -0.3 is 0 Å². The van der Waals surface area contributed by atoms with E-state index in [-0.39, 0.29) is 23.5 Å². The lowest BCUT2D eigenvalue weighted by molar-refractivity contribution is -0.128. The number of nitrogens with one attached hydrogen (secondary N) is 2. The van der Waals surface area contributed by atoms with Crippen LogP contribution in [0.15, 0.2) is 29.2 Å². The predicted octanol–water partition coefficient (Wildman–Crippen LogP) is 2.28. The van der Waals surface area contributed by atoms with E-state index in [0.29, 0.717) is 6.42 Å². The van der Waals surface area contributed by atoms with Crippen molar-refractivity contribution in [3.63, 3.8) is 0 Å². The molecule has 1 aromatic carbocycles. The minimum absolute atomic E-state index is 0.163. The van der Waals surface area contributed by atoms with E-state index in [1.807, 2.05) is 45.0 Å². The lowest BCUT2D eigenvalue weighted by Gasteiger charge is -2.09. The van der Waals surface area contributed by atoms with Crippen LogP contribution in [-0.2, 0) is 9.59 Å². The summed E-state index contributed by atoms with van der Waals surface area (Å²) in [7, 11) is 0. The quantitative estimate of drug-likeness (QED) is 0.642. The Morgan fingerprint density at radius 3 is 2.42 bits per heavy atom. The maximum atomic E-state index is 11.6. The van der Waals surface area contributed by atoms with E-state index in [1.54, 1.807) is 0 Å². The lowest BCUT2D eigenvalue weighted by atomic mass is 10.1. The molecular formula is C14H20N2O2S. The Hall–Kier alpha value is -1.49. The minimum Gasteiger partial charge on any atom is -0.273 e. The van der Waals surface area contributed by atoms with Crippen LogP contribution in [0, 0.1) is 12.8 Å². The van der Waals surface area contributed by atoms with Gasteiger partial charge in [0.2, 0.25) is 11.8 Å². The van der Waals surface area contributed by atoms with E-state index in [0.717, 1.165) is 10.5 Å². The van der Waals surface area contributed by atoms with Gasteiger partial charge in [-0.3, -0.25) is 20.4 Å². The van der Waals surface area contributed by atoms with Crippen LogP contribution in [0.2, 0.25) is 0 Å². The molecule has 0 saturated carbocycles. The van der Waals surface area contributed by atoms with E-state index in [4.69, 9.17) is 0 Å². The first-order valence-electron chi connectivity index (χ1n) is 6.25. The first-order chi connectivity index (χ1) is 8.99. The lowest BCUT2D eigenvalue weighted by Crippen LogP contribution is -2.42. The summed E-state index contributed by atoms with van der Waals surface area (Å²) < 4.78 is 0. The van der Waals surface area contributed by atoms with E-state index >= 15 is 0 Å². The molecule has 2 N–H and O–H groups in total. The van der Waals surface area contributed by atoms with Crippen molar-refractivity contribution in [1.29, 1.82) is 0 Å². The summed E-state index contributed by atoms with van der Waals surface area (Å²) in [6.07, 6.45) is 0.408. The average Bonchev–Trinajstić information content (AvgIpc) is 2.34. The van der Waals surface area contributed by atoms with Crippen molar-refractivity contribution in [1.82, 2.24) is 10.9 Å². The van der Waals surface area contributed by atoms with Gasteiger partial charge in [-0.2, -0.15) is 0 Å². The summed E-state index contributed by atoms with van der Waals surface area (Å²) in [5.74, 6) is 0.195. The van der Waals surface area contributed by atoms with Gasteiger partial charge in [-0.15, -0.1) is 11.8 Å². The highest BCUT2D eigenvalue weighted by atomic mass is 32.2. The number of amides is 2. The fourth-order valence-corrected chi connectivity index (χ4v) is 2.29. The van der Waals surface area contributed by atoms with Crippen LogP contribution in [0.25, 0.3) is 0 Å². The standard InChI is InChI=1S/C14H20N2O2S/c1-10(2)8-13(17)15-16-14(18)9-19-12-7-5-4-6-11(12)3/h4-7,10H,8-9H2,1-3H3,(H,15,17)(H,16,18). The van der Waals surface area contributed by atoms with Crippen molar-refractivity contribution in [2.45, 2.75) is 32.1 Å².